The van der Waals surface area contributed by atoms with Crippen molar-refractivity contribution in [3.05, 3.63) is 0 Å². The molecule has 1 atom stereocenters. The van der Waals surface area contributed by atoms with E-state index in [1.54, 1.807) is 0 Å². The molecule has 0 aromatic rings. The maximum atomic E-state index is 12.2. The van der Waals surface area contributed by atoms with E-state index < -0.39 is 23.8 Å². The summed E-state index contributed by atoms with van der Waals surface area (Å²) >= 11 is 0. The predicted molar refractivity (Wildman–Crippen MR) is 74.4 cm³/mol. The normalized spacial score (nSPS) is 23.6. The van der Waals surface area contributed by atoms with E-state index >= 15 is 0 Å². The number of carbonyl (C=O) groups is 3. The number of hydrogen-bond donors (Lipinski definition) is 1. The molecular formula is C14H21N3O3. The molecular weight excluding hydrogens is 258 g/mol. The molecule has 0 radical (unpaired) electrons. The number of carbonyl (C=O) groups excluding carboxylic acids is 3. The Balaban J connectivity index is 1.94. The SMILES string of the molecule is CCCCCCN1C(=O)NC(=O)[C@H](C=NC2CC2)C1=O. The summed E-state index contributed by atoms with van der Waals surface area (Å²) in [6.45, 7) is 2.47. The summed E-state index contributed by atoms with van der Waals surface area (Å²) in [5, 5.41) is 2.23. The van der Waals surface area contributed by atoms with Gasteiger partial charge in [0.25, 0.3) is 0 Å². The van der Waals surface area contributed by atoms with Crippen LogP contribution in [0.1, 0.15) is 45.4 Å². The van der Waals surface area contributed by atoms with E-state index in [0.717, 1.165) is 43.4 Å². The highest BCUT2D eigenvalue weighted by atomic mass is 16.2. The lowest BCUT2D eigenvalue weighted by Gasteiger charge is -2.28. The van der Waals surface area contributed by atoms with Crippen LogP contribution < -0.4 is 5.32 Å². The van der Waals surface area contributed by atoms with Gasteiger partial charge in [-0.15, -0.1) is 0 Å². The highest BCUT2D eigenvalue weighted by Crippen LogP contribution is 2.23. The van der Waals surface area contributed by atoms with Crippen LogP contribution >= 0.6 is 0 Å². The van der Waals surface area contributed by atoms with Crippen LogP contribution in [0.3, 0.4) is 0 Å². The van der Waals surface area contributed by atoms with E-state index in [4.69, 9.17) is 0 Å². The van der Waals surface area contributed by atoms with Crippen LogP contribution in [0.25, 0.3) is 0 Å². The average Bonchev–Trinajstić information content (AvgIpc) is 3.21. The van der Waals surface area contributed by atoms with Crippen LogP contribution in [0.4, 0.5) is 4.79 Å². The Labute approximate surface area is 118 Å². The monoisotopic (exact) mass is 279 g/mol. The van der Waals surface area contributed by atoms with Gasteiger partial charge < -0.3 is 0 Å². The quantitative estimate of drug-likeness (QED) is 0.435. The van der Waals surface area contributed by atoms with Crippen molar-refractivity contribution in [3.63, 3.8) is 0 Å². The number of barbiturate groups is 1. The fraction of sp³-hybridized carbons (Fsp3) is 0.714. The Bertz CT molecular complexity index is 429. The minimum Gasteiger partial charge on any atom is -0.293 e. The Hall–Kier alpha value is -1.72. The number of hydrogen-bond acceptors (Lipinski definition) is 4. The summed E-state index contributed by atoms with van der Waals surface area (Å²) in [4.78, 5) is 40.9. The van der Waals surface area contributed by atoms with Crippen molar-refractivity contribution in [1.29, 1.82) is 0 Å². The van der Waals surface area contributed by atoms with Crippen LogP contribution in [-0.2, 0) is 9.59 Å². The lowest BCUT2D eigenvalue weighted by atomic mass is 10.1. The van der Waals surface area contributed by atoms with Gasteiger partial charge >= 0.3 is 6.03 Å². The first-order chi connectivity index (χ1) is 9.63. The summed E-state index contributed by atoms with van der Waals surface area (Å²) in [5.74, 6) is -1.95. The summed E-state index contributed by atoms with van der Waals surface area (Å²) < 4.78 is 0. The van der Waals surface area contributed by atoms with Crippen molar-refractivity contribution in [2.75, 3.05) is 6.54 Å². The molecule has 2 aliphatic rings. The lowest BCUT2D eigenvalue weighted by molar-refractivity contribution is -0.139. The van der Waals surface area contributed by atoms with E-state index in [0.29, 0.717) is 6.54 Å². The minimum absolute atomic E-state index is 0.256. The van der Waals surface area contributed by atoms with Gasteiger partial charge in [0.2, 0.25) is 11.8 Å². The number of imide groups is 2. The van der Waals surface area contributed by atoms with Gasteiger partial charge in [-0.1, -0.05) is 26.2 Å². The van der Waals surface area contributed by atoms with Gasteiger partial charge in [0.05, 0.1) is 0 Å². The van der Waals surface area contributed by atoms with E-state index in [9.17, 15) is 14.4 Å². The number of unbranched alkanes of at least 4 members (excludes halogenated alkanes) is 3. The van der Waals surface area contributed by atoms with Gasteiger partial charge in [-0.25, -0.2) is 4.79 Å². The number of nitrogens with one attached hydrogen (secondary N) is 1. The van der Waals surface area contributed by atoms with E-state index in [2.05, 4.69) is 17.2 Å². The summed E-state index contributed by atoms with van der Waals surface area (Å²) in [6.07, 6.45) is 7.35. The number of rotatable bonds is 7. The predicted octanol–water partition coefficient (Wildman–Crippen LogP) is 1.49. The van der Waals surface area contributed by atoms with Crippen molar-refractivity contribution in [1.82, 2.24) is 10.2 Å². The van der Waals surface area contributed by atoms with Crippen LogP contribution in [0.5, 0.6) is 0 Å². The maximum Gasteiger partial charge on any atom is 0.330 e. The molecule has 0 bridgehead atoms. The second kappa shape index (κ2) is 6.63. The molecule has 1 N–H and O–H groups in total. The molecule has 1 aliphatic heterocycles. The molecule has 20 heavy (non-hydrogen) atoms. The first-order valence-electron chi connectivity index (χ1n) is 7.33. The number of amides is 4. The Morgan fingerprint density at radius 2 is 2.00 bits per heavy atom. The number of nitrogens with zero attached hydrogens (tertiary/aromatic N) is 2. The molecule has 1 aliphatic carbocycles. The van der Waals surface area contributed by atoms with E-state index in [-0.39, 0.29) is 6.04 Å². The molecule has 1 saturated carbocycles. The molecule has 2 fully saturated rings. The fourth-order valence-electron chi connectivity index (χ4n) is 2.10. The molecule has 1 saturated heterocycles. The van der Waals surface area contributed by atoms with Crippen molar-refractivity contribution in [2.24, 2.45) is 10.9 Å². The highest BCUT2D eigenvalue weighted by molar-refractivity contribution is 6.23. The standard InChI is InChI=1S/C14H21N3O3/c1-2-3-4-5-8-17-13(19)11(9-15-10-6-7-10)12(18)16-14(17)20/h9-11H,2-8H2,1H3,(H,16,18,20)/t11-/m0/s1. The zero-order valence-electron chi connectivity index (χ0n) is 11.8. The maximum absolute atomic E-state index is 12.2. The van der Waals surface area contributed by atoms with Crippen LogP contribution in [0, 0.1) is 5.92 Å². The summed E-state index contributed by atoms with van der Waals surface area (Å²) in [7, 11) is 0. The molecule has 0 spiro atoms. The second-order valence-corrected chi connectivity index (χ2v) is 5.35. The molecule has 110 valence electrons. The number of urea groups is 1. The first kappa shape index (κ1) is 14.7. The van der Waals surface area contributed by atoms with E-state index in [1.165, 1.54) is 6.21 Å². The lowest BCUT2D eigenvalue weighted by Crippen LogP contribution is -2.58. The van der Waals surface area contributed by atoms with Gasteiger partial charge in [-0.2, -0.15) is 0 Å². The third-order valence-corrected chi connectivity index (χ3v) is 3.52. The van der Waals surface area contributed by atoms with Gasteiger partial charge in [0.15, 0.2) is 5.92 Å². The van der Waals surface area contributed by atoms with E-state index in [1.807, 2.05) is 0 Å². The molecule has 6 heteroatoms. The Morgan fingerprint density at radius 1 is 1.25 bits per heavy atom. The fourth-order valence-corrected chi connectivity index (χ4v) is 2.10. The van der Waals surface area contributed by atoms with Crippen LogP contribution in [0.2, 0.25) is 0 Å². The van der Waals surface area contributed by atoms with Crippen LogP contribution in [0.15, 0.2) is 4.99 Å². The largest absolute Gasteiger partial charge is 0.330 e. The van der Waals surface area contributed by atoms with Gasteiger partial charge in [-0.05, 0) is 19.3 Å². The van der Waals surface area contributed by atoms with Gasteiger partial charge in [0.1, 0.15) is 0 Å². The Morgan fingerprint density at radius 3 is 2.65 bits per heavy atom. The van der Waals surface area contributed by atoms with Crippen molar-refractivity contribution >= 4 is 24.1 Å². The number of aliphatic imine (C=N–C) groups is 1. The summed E-state index contributed by atoms with van der Waals surface area (Å²) in [5.41, 5.74) is 0. The summed E-state index contributed by atoms with van der Waals surface area (Å²) in [6, 6.07) is -0.348. The third-order valence-electron chi connectivity index (χ3n) is 3.52. The van der Waals surface area contributed by atoms with Gasteiger partial charge in [0, 0.05) is 18.8 Å². The minimum atomic E-state index is -0.945. The molecule has 0 unspecified atom stereocenters. The molecule has 4 amide bonds. The molecule has 6 nitrogen and oxygen atoms in total. The molecule has 1 heterocycles. The van der Waals surface area contributed by atoms with Crippen LogP contribution in [-0.4, -0.2) is 41.5 Å². The Kier molecular flexibility index (Phi) is 4.87. The van der Waals surface area contributed by atoms with Gasteiger partial charge in [-0.3, -0.25) is 24.8 Å². The van der Waals surface area contributed by atoms with Crippen molar-refractivity contribution < 1.29 is 14.4 Å². The van der Waals surface area contributed by atoms with Crippen molar-refractivity contribution in [2.45, 2.75) is 51.5 Å². The average molecular weight is 279 g/mol. The molecule has 2 rings (SSSR count). The topological polar surface area (TPSA) is 78.8 Å². The van der Waals surface area contributed by atoms with Crippen molar-refractivity contribution in [3.8, 4) is 0 Å². The smallest absolute Gasteiger partial charge is 0.293 e. The molecule has 0 aromatic carbocycles. The molecule has 0 aromatic heterocycles. The first-order valence-corrected chi connectivity index (χ1v) is 7.33. The second-order valence-electron chi connectivity index (χ2n) is 5.35. The highest BCUT2D eigenvalue weighted by Gasteiger charge is 2.39. The zero-order chi connectivity index (χ0) is 14.5. The zero-order valence-corrected chi connectivity index (χ0v) is 11.8. The third kappa shape index (κ3) is 3.65.